The van der Waals surface area contributed by atoms with Gasteiger partial charge in [-0.1, -0.05) is 17.7 Å². The summed E-state index contributed by atoms with van der Waals surface area (Å²) in [5.74, 6) is -0.258. The van der Waals surface area contributed by atoms with Crippen molar-refractivity contribution in [2.45, 2.75) is 19.4 Å². The van der Waals surface area contributed by atoms with Gasteiger partial charge in [0.25, 0.3) is 0 Å². The fourth-order valence-electron chi connectivity index (χ4n) is 3.04. The van der Waals surface area contributed by atoms with Gasteiger partial charge in [-0.25, -0.2) is 0 Å². The molecule has 0 radical (unpaired) electrons. The number of hydrogen-bond donors (Lipinski definition) is 0. The third-order valence-electron chi connectivity index (χ3n) is 4.15. The van der Waals surface area contributed by atoms with Crippen molar-refractivity contribution in [3.63, 3.8) is 0 Å². The van der Waals surface area contributed by atoms with Gasteiger partial charge in [-0.15, -0.1) is 0 Å². The van der Waals surface area contributed by atoms with Gasteiger partial charge >= 0.3 is 0 Å². The first-order chi connectivity index (χ1) is 10.5. The Labute approximate surface area is 134 Å². The number of carbonyl (C=O) groups excluding carboxylic acids is 2. The zero-order chi connectivity index (χ0) is 15.7. The smallest absolute Gasteiger partial charge is 0.228 e. The molecular formula is C16H19ClN2O3. The second-order valence-electron chi connectivity index (χ2n) is 5.85. The first-order valence-electron chi connectivity index (χ1n) is 7.51. The van der Waals surface area contributed by atoms with E-state index in [9.17, 15) is 9.59 Å². The molecule has 0 spiro atoms. The highest BCUT2D eigenvalue weighted by atomic mass is 35.5. The largest absolute Gasteiger partial charge is 0.375 e. The molecule has 2 heterocycles. The van der Waals surface area contributed by atoms with E-state index in [0.29, 0.717) is 31.3 Å². The number of hydrogen-bond acceptors (Lipinski definition) is 3. The Hall–Kier alpha value is -1.59. The van der Waals surface area contributed by atoms with E-state index in [1.54, 1.807) is 17.0 Å². The first-order valence-corrected chi connectivity index (χ1v) is 7.88. The van der Waals surface area contributed by atoms with Crippen LogP contribution in [0.25, 0.3) is 0 Å². The lowest BCUT2D eigenvalue weighted by molar-refractivity contribution is -0.142. The topological polar surface area (TPSA) is 49.9 Å². The predicted octanol–water partition coefficient (Wildman–Crippen LogP) is 1.94. The lowest BCUT2D eigenvalue weighted by Gasteiger charge is -2.32. The van der Waals surface area contributed by atoms with Crippen LogP contribution in [0, 0.1) is 5.92 Å². The normalized spacial score (nSPS) is 25.6. The van der Waals surface area contributed by atoms with E-state index in [0.717, 1.165) is 5.69 Å². The van der Waals surface area contributed by atoms with Crippen molar-refractivity contribution in [2.75, 3.05) is 31.1 Å². The average Bonchev–Trinajstić information content (AvgIpc) is 2.88. The van der Waals surface area contributed by atoms with Gasteiger partial charge in [0.1, 0.15) is 0 Å². The molecule has 0 unspecified atom stereocenters. The maximum atomic E-state index is 12.6. The quantitative estimate of drug-likeness (QED) is 0.836. The third kappa shape index (κ3) is 3.10. The van der Waals surface area contributed by atoms with Crippen LogP contribution in [0.3, 0.4) is 0 Å². The summed E-state index contributed by atoms with van der Waals surface area (Å²) in [6.07, 6.45) is 0.315. The Morgan fingerprint density at radius 3 is 2.91 bits per heavy atom. The number of rotatable bonds is 2. The molecular weight excluding hydrogens is 304 g/mol. The van der Waals surface area contributed by atoms with Crippen LogP contribution in [0.15, 0.2) is 24.3 Å². The van der Waals surface area contributed by atoms with Crippen molar-refractivity contribution in [1.29, 1.82) is 0 Å². The molecule has 2 amide bonds. The zero-order valence-electron chi connectivity index (χ0n) is 12.5. The highest BCUT2D eigenvalue weighted by molar-refractivity contribution is 6.30. The van der Waals surface area contributed by atoms with E-state index in [2.05, 4.69) is 0 Å². The number of halogens is 1. The molecule has 0 bridgehead atoms. The molecule has 0 N–H and O–H groups in total. The number of amides is 2. The van der Waals surface area contributed by atoms with E-state index >= 15 is 0 Å². The average molecular weight is 323 g/mol. The van der Waals surface area contributed by atoms with Crippen molar-refractivity contribution in [3.05, 3.63) is 29.3 Å². The highest BCUT2D eigenvalue weighted by Gasteiger charge is 2.38. The summed E-state index contributed by atoms with van der Waals surface area (Å²) < 4.78 is 5.46. The fourth-order valence-corrected chi connectivity index (χ4v) is 3.23. The Morgan fingerprint density at radius 1 is 1.36 bits per heavy atom. The summed E-state index contributed by atoms with van der Waals surface area (Å²) in [5.41, 5.74) is 0.753. The second kappa shape index (κ2) is 6.26. The van der Waals surface area contributed by atoms with Gasteiger partial charge < -0.3 is 14.5 Å². The minimum Gasteiger partial charge on any atom is -0.375 e. The molecule has 0 aromatic heterocycles. The fraction of sp³-hybridized carbons (Fsp3) is 0.500. The van der Waals surface area contributed by atoms with E-state index < -0.39 is 0 Å². The molecule has 5 nitrogen and oxygen atoms in total. The number of benzene rings is 1. The zero-order valence-corrected chi connectivity index (χ0v) is 13.3. The number of anilines is 1. The summed E-state index contributed by atoms with van der Waals surface area (Å²) in [5, 5.41) is 0.585. The molecule has 2 fully saturated rings. The lowest BCUT2D eigenvalue weighted by atomic mass is 10.1. The standard InChI is InChI=1S/C16H19ClN2O3/c1-11-9-18(5-6-22-11)16(21)12-7-15(20)19(10-12)14-4-2-3-13(17)8-14/h2-4,8,11-12H,5-7,9-10H2,1H3/t11-,12-/m1/s1. The van der Waals surface area contributed by atoms with Gasteiger partial charge in [-0.2, -0.15) is 0 Å². The Bertz CT molecular complexity index is 593. The maximum absolute atomic E-state index is 12.6. The molecule has 2 atom stereocenters. The molecule has 118 valence electrons. The van der Waals surface area contributed by atoms with Gasteiger partial charge in [-0.05, 0) is 25.1 Å². The van der Waals surface area contributed by atoms with Crippen LogP contribution >= 0.6 is 11.6 Å². The minimum absolute atomic E-state index is 0.0260. The lowest BCUT2D eigenvalue weighted by Crippen LogP contribution is -2.47. The molecule has 1 aromatic rings. The first kappa shape index (κ1) is 15.3. The Morgan fingerprint density at radius 2 is 2.18 bits per heavy atom. The SMILES string of the molecule is C[C@@H]1CN(C(=O)[C@@H]2CC(=O)N(c3cccc(Cl)c3)C2)CCO1. The van der Waals surface area contributed by atoms with Crippen molar-refractivity contribution >= 4 is 29.1 Å². The summed E-state index contributed by atoms with van der Waals surface area (Å²) in [7, 11) is 0. The summed E-state index contributed by atoms with van der Waals surface area (Å²) >= 11 is 5.98. The minimum atomic E-state index is -0.281. The summed E-state index contributed by atoms with van der Waals surface area (Å²) in [6.45, 7) is 4.14. The number of carbonyl (C=O) groups is 2. The highest BCUT2D eigenvalue weighted by Crippen LogP contribution is 2.28. The molecule has 2 saturated heterocycles. The molecule has 22 heavy (non-hydrogen) atoms. The monoisotopic (exact) mass is 322 g/mol. The van der Waals surface area contributed by atoms with Crippen molar-refractivity contribution in [2.24, 2.45) is 5.92 Å². The third-order valence-corrected chi connectivity index (χ3v) is 4.38. The van der Waals surface area contributed by atoms with Crippen LogP contribution in [-0.4, -0.2) is 49.1 Å². The van der Waals surface area contributed by atoms with Crippen LogP contribution in [0.2, 0.25) is 5.02 Å². The van der Waals surface area contributed by atoms with E-state index in [4.69, 9.17) is 16.3 Å². The second-order valence-corrected chi connectivity index (χ2v) is 6.29. The van der Waals surface area contributed by atoms with Crippen LogP contribution in [0.4, 0.5) is 5.69 Å². The molecule has 0 aliphatic carbocycles. The van der Waals surface area contributed by atoms with E-state index in [-0.39, 0.29) is 30.3 Å². The predicted molar refractivity (Wildman–Crippen MR) is 83.9 cm³/mol. The number of ether oxygens (including phenoxy) is 1. The summed E-state index contributed by atoms with van der Waals surface area (Å²) in [6, 6.07) is 7.17. The molecule has 2 aliphatic heterocycles. The Kier molecular flexibility index (Phi) is 4.36. The van der Waals surface area contributed by atoms with Gasteiger partial charge in [0.15, 0.2) is 0 Å². The van der Waals surface area contributed by atoms with Crippen molar-refractivity contribution in [3.8, 4) is 0 Å². The van der Waals surface area contributed by atoms with Crippen LogP contribution in [0.1, 0.15) is 13.3 Å². The van der Waals surface area contributed by atoms with Crippen molar-refractivity contribution in [1.82, 2.24) is 4.90 Å². The van der Waals surface area contributed by atoms with Crippen LogP contribution in [0.5, 0.6) is 0 Å². The molecule has 0 saturated carbocycles. The molecule has 6 heteroatoms. The molecule has 2 aliphatic rings. The van der Waals surface area contributed by atoms with Gasteiger partial charge in [0.2, 0.25) is 11.8 Å². The van der Waals surface area contributed by atoms with Crippen LogP contribution < -0.4 is 4.90 Å². The van der Waals surface area contributed by atoms with Crippen molar-refractivity contribution < 1.29 is 14.3 Å². The van der Waals surface area contributed by atoms with Gasteiger partial charge in [-0.3, -0.25) is 9.59 Å². The van der Waals surface area contributed by atoms with Gasteiger partial charge in [0, 0.05) is 36.8 Å². The van der Waals surface area contributed by atoms with Gasteiger partial charge in [0.05, 0.1) is 18.6 Å². The number of nitrogens with zero attached hydrogens (tertiary/aromatic N) is 2. The Balaban J connectivity index is 1.70. The van der Waals surface area contributed by atoms with Crippen LogP contribution in [-0.2, 0) is 14.3 Å². The van der Waals surface area contributed by atoms with E-state index in [1.165, 1.54) is 0 Å². The van der Waals surface area contributed by atoms with E-state index in [1.807, 2.05) is 24.0 Å². The summed E-state index contributed by atoms with van der Waals surface area (Å²) in [4.78, 5) is 28.3. The molecule has 1 aromatic carbocycles. The number of morpholine rings is 1. The molecule has 3 rings (SSSR count). The maximum Gasteiger partial charge on any atom is 0.228 e.